The summed E-state index contributed by atoms with van der Waals surface area (Å²) in [6.07, 6.45) is 0. The molecule has 1 aromatic carbocycles. The summed E-state index contributed by atoms with van der Waals surface area (Å²) in [5, 5.41) is 5.71. The van der Waals surface area contributed by atoms with E-state index in [0.29, 0.717) is 15.7 Å². The van der Waals surface area contributed by atoms with Crippen LogP contribution in [-0.2, 0) is 9.53 Å². The molecule has 0 saturated heterocycles. The SMILES string of the molecule is CCOC(=O)CNC(=O)Nc1cc(Cl)c(C)cc1Cl. The molecule has 0 saturated carbocycles. The topological polar surface area (TPSA) is 67.4 Å². The average molecular weight is 305 g/mol. The van der Waals surface area contributed by atoms with Crippen molar-refractivity contribution in [2.45, 2.75) is 13.8 Å². The first-order valence-corrected chi connectivity index (χ1v) is 6.35. The van der Waals surface area contributed by atoms with Crippen LogP contribution in [0.2, 0.25) is 10.0 Å². The third-order valence-corrected chi connectivity index (χ3v) is 2.92. The number of aryl methyl sites for hydroxylation is 1. The first-order chi connectivity index (χ1) is 8.93. The Morgan fingerprint density at radius 3 is 2.58 bits per heavy atom. The molecule has 0 fully saturated rings. The molecule has 0 radical (unpaired) electrons. The molecule has 0 spiro atoms. The van der Waals surface area contributed by atoms with Crippen LogP contribution in [0, 0.1) is 6.92 Å². The Hall–Kier alpha value is -1.46. The van der Waals surface area contributed by atoms with Crippen molar-refractivity contribution in [1.82, 2.24) is 5.32 Å². The van der Waals surface area contributed by atoms with Gasteiger partial charge >= 0.3 is 12.0 Å². The van der Waals surface area contributed by atoms with Crippen LogP contribution in [-0.4, -0.2) is 25.2 Å². The van der Waals surface area contributed by atoms with Crippen LogP contribution in [0.3, 0.4) is 0 Å². The predicted molar refractivity (Wildman–Crippen MR) is 74.9 cm³/mol. The number of benzene rings is 1. The second-order valence-corrected chi connectivity index (χ2v) is 4.51. The number of hydrogen-bond donors (Lipinski definition) is 2. The molecule has 104 valence electrons. The van der Waals surface area contributed by atoms with Gasteiger partial charge in [0.2, 0.25) is 0 Å². The van der Waals surface area contributed by atoms with E-state index in [1.165, 1.54) is 0 Å². The lowest BCUT2D eigenvalue weighted by Gasteiger charge is -2.10. The fourth-order valence-electron chi connectivity index (χ4n) is 1.27. The Morgan fingerprint density at radius 1 is 1.26 bits per heavy atom. The van der Waals surface area contributed by atoms with Gasteiger partial charge < -0.3 is 15.4 Å². The Balaban J connectivity index is 2.58. The number of halogens is 2. The normalized spacial score (nSPS) is 9.89. The second kappa shape index (κ2) is 7.21. The maximum absolute atomic E-state index is 11.5. The number of hydrogen-bond acceptors (Lipinski definition) is 3. The van der Waals surface area contributed by atoms with Crippen molar-refractivity contribution < 1.29 is 14.3 Å². The largest absolute Gasteiger partial charge is 0.465 e. The predicted octanol–water partition coefficient (Wildman–Crippen LogP) is 2.99. The van der Waals surface area contributed by atoms with E-state index in [9.17, 15) is 9.59 Å². The highest BCUT2D eigenvalue weighted by atomic mass is 35.5. The molecule has 1 aromatic rings. The molecule has 0 aliphatic carbocycles. The molecule has 2 amide bonds. The van der Waals surface area contributed by atoms with Gasteiger partial charge in [0.1, 0.15) is 6.54 Å². The minimum Gasteiger partial charge on any atom is -0.465 e. The van der Waals surface area contributed by atoms with Gasteiger partial charge in [-0.3, -0.25) is 4.79 Å². The number of rotatable bonds is 4. The van der Waals surface area contributed by atoms with E-state index in [4.69, 9.17) is 23.2 Å². The van der Waals surface area contributed by atoms with Gasteiger partial charge in [-0.15, -0.1) is 0 Å². The molecule has 0 aliphatic heterocycles. The van der Waals surface area contributed by atoms with Gasteiger partial charge in [-0.2, -0.15) is 0 Å². The van der Waals surface area contributed by atoms with Crippen molar-refractivity contribution in [1.29, 1.82) is 0 Å². The van der Waals surface area contributed by atoms with Gasteiger partial charge in [-0.25, -0.2) is 4.79 Å². The molecular weight excluding hydrogens is 291 g/mol. The lowest BCUT2D eigenvalue weighted by molar-refractivity contribution is -0.141. The van der Waals surface area contributed by atoms with Gasteiger partial charge in [-0.1, -0.05) is 23.2 Å². The first-order valence-electron chi connectivity index (χ1n) is 5.60. The van der Waals surface area contributed by atoms with E-state index in [1.54, 1.807) is 26.0 Å². The summed E-state index contributed by atoms with van der Waals surface area (Å²) in [7, 11) is 0. The summed E-state index contributed by atoms with van der Waals surface area (Å²) in [6.45, 7) is 3.54. The van der Waals surface area contributed by atoms with Gasteiger partial charge in [0.15, 0.2) is 0 Å². The molecule has 2 N–H and O–H groups in total. The van der Waals surface area contributed by atoms with Crippen LogP contribution in [0.25, 0.3) is 0 Å². The van der Waals surface area contributed by atoms with Crippen LogP contribution < -0.4 is 10.6 Å². The fraction of sp³-hybridized carbons (Fsp3) is 0.333. The van der Waals surface area contributed by atoms with Crippen LogP contribution in [0.4, 0.5) is 10.5 Å². The highest BCUT2D eigenvalue weighted by molar-refractivity contribution is 6.36. The van der Waals surface area contributed by atoms with Crippen molar-refractivity contribution in [2.75, 3.05) is 18.5 Å². The zero-order valence-corrected chi connectivity index (χ0v) is 12.1. The number of ether oxygens (including phenoxy) is 1. The molecule has 0 aliphatic rings. The number of amides is 2. The van der Waals surface area contributed by atoms with Crippen LogP contribution in [0.5, 0.6) is 0 Å². The third-order valence-electron chi connectivity index (χ3n) is 2.20. The van der Waals surface area contributed by atoms with E-state index in [1.807, 2.05) is 0 Å². The maximum atomic E-state index is 11.5. The summed E-state index contributed by atoms with van der Waals surface area (Å²) in [5.74, 6) is -0.509. The molecule has 0 unspecified atom stereocenters. The van der Waals surface area contributed by atoms with E-state index < -0.39 is 12.0 Å². The van der Waals surface area contributed by atoms with Crippen LogP contribution in [0.15, 0.2) is 12.1 Å². The summed E-state index contributed by atoms with van der Waals surface area (Å²) in [6, 6.07) is 2.63. The average Bonchev–Trinajstić information content (AvgIpc) is 2.34. The zero-order chi connectivity index (χ0) is 14.4. The smallest absolute Gasteiger partial charge is 0.325 e. The number of urea groups is 1. The van der Waals surface area contributed by atoms with Crippen molar-refractivity contribution in [3.05, 3.63) is 27.7 Å². The van der Waals surface area contributed by atoms with Gasteiger partial charge in [0.05, 0.1) is 17.3 Å². The lowest BCUT2D eigenvalue weighted by atomic mass is 10.2. The molecule has 0 aromatic heterocycles. The van der Waals surface area contributed by atoms with Gasteiger partial charge in [0.25, 0.3) is 0 Å². The number of esters is 1. The summed E-state index contributed by atoms with van der Waals surface area (Å²) < 4.78 is 4.67. The van der Waals surface area contributed by atoms with E-state index >= 15 is 0 Å². The number of carbonyl (C=O) groups excluding carboxylic acids is 2. The summed E-state index contributed by atoms with van der Waals surface area (Å²) in [4.78, 5) is 22.6. The molecular formula is C12H14Cl2N2O3. The Bertz CT molecular complexity index is 492. The van der Waals surface area contributed by atoms with E-state index in [-0.39, 0.29) is 13.2 Å². The van der Waals surface area contributed by atoms with Crippen molar-refractivity contribution in [2.24, 2.45) is 0 Å². The quantitative estimate of drug-likeness (QED) is 0.840. The molecule has 0 bridgehead atoms. The lowest BCUT2D eigenvalue weighted by Crippen LogP contribution is -2.34. The number of anilines is 1. The van der Waals surface area contributed by atoms with Gasteiger partial charge in [-0.05, 0) is 31.5 Å². The minimum absolute atomic E-state index is 0.211. The van der Waals surface area contributed by atoms with Gasteiger partial charge in [0, 0.05) is 5.02 Å². The Morgan fingerprint density at radius 2 is 1.95 bits per heavy atom. The van der Waals surface area contributed by atoms with Crippen LogP contribution in [0.1, 0.15) is 12.5 Å². The second-order valence-electron chi connectivity index (χ2n) is 3.69. The van der Waals surface area contributed by atoms with Crippen molar-refractivity contribution in [3.63, 3.8) is 0 Å². The molecule has 7 heteroatoms. The minimum atomic E-state index is -0.560. The van der Waals surface area contributed by atoms with E-state index in [0.717, 1.165) is 5.56 Å². The number of nitrogens with one attached hydrogen (secondary N) is 2. The van der Waals surface area contributed by atoms with E-state index in [2.05, 4.69) is 15.4 Å². The van der Waals surface area contributed by atoms with Crippen LogP contribution >= 0.6 is 23.2 Å². The fourth-order valence-corrected chi connectivity index (χ4v) is 1.70. The monoisotopic (exact) mass is 304 g/mol. The van der Waals surface area contributed by atoms with Crippen molar-refractivity contribution in [3.8, 4) is 0 Å². The molecule has 19 heavy (non-hydrogen) atoms. The highest BCUT2D eigenvalue weighted by Crippen LogP contribution is 2.28. The Kier molecular flexibility index (Phi) is 5.92. The molecule has 5 nitrogen and oxygen atoms in total. The molecule has 0 atom stereocenters. The standard InChI is InChI=1S/C12H14Cl2N2O3/c1-3-19-11(17)6-15-12(18)16-10-5-8(13)7(2)4-9(10)14/h4-5H,3,6H2,1-2H3,(H2,15,16,18). The first kappa shape index (κ1) is 15.6. The summed E-state index contributed by atoms with van der Waals surface area (Å²) >= 11 is 11.9. The third kappa shape index (κ3) is 4.96. The molecule has 1 rings (SSSR count). The number of carbonyl (C=O) groups is 2. The highest BCUT2D eigenvalue weighted by Gasteiger charge is 2.09. The summed E-state index contributed by atoms with van der Waals surface area (Å²) in [5.41, 5.74) is 1.18. The van der Waals surface area contributed by atoms with Crippen molar-refractivity contribution >= 4 is 40.9 Å². The Labute approximate surface area is 121 Å². The zero-order valence-electron chi connectivity index (χ0n) is 10.5. The maximum Gasteiger partial charge on any atom is 0.325 e. The molecule has 0 heterocycles.